The number of aliphatic hydroxyl groups is 1. The Bertz CT molecular complexity index is 998. The van der Waals surface area contributed by atoms with Crippen molar-refractivity contribution in [1.29, 1.82) is 0 Å². The van der Waals surface area contributed by atoms with Gasteiger partial charge in [0.25, 0.3) is 0 Å². The fraction of sp³-hybridized carbons (Fsp3) is 0.192. The van der Waals surface area contributed by atoms with Crippen molar-refractivity contribution < 1.29 is 10.0 Å². The van der Waals surface area contributed by atoms with E-state index in [4.69, 9.17) is 0 Å². The van der Waals surface area contributed by atoms with E-state index in [-0.39, 0.29) is 11.6 Å². The third kappa shape index (κ3) is 6.23. The van der Waals surface area contributed by atoms with E-state index < -0.39 is 11.0 Å². The fourth-order valence-corrected chi connectivity index (χ4v) is 4.37. The monoisotopic (exact) mass is 494 g/mol. The van der Waals surface area contributed by atoms with Crippen LogP contribution in [0.4, 0.5) is 5.69 Å². The number of nitro benzene ring substituents is 1. The minimum absolute atomic E-state index is 0.00302. The Kier molecular flexibility index (Phi) is 8.51. The molecule has 1 N–H and O–H groups in total. The first-order chi connectivity index (χ1) is 15.5. The summed E-state index contributed by atoms with van der Waals surface area (Å²) in [6.45, 7) is 5.24. The van der Waals surface area contributed by atoms with Crippen molar-refractivity contribution >= 4 is 25.8 Å². The van der Waals surface area contributed by atoms with E-state index in [2.05, 4.69) is 51.3 Å². The molecule has 0 aliphatic carbocycles. The Morgan fingerprint density at radius 1 is 0.969 bits per heavy atom. The van der Waals surface area contributed by atoms with Crippen LogP contribution < -0.4 is 0 Å². The molecule has 0 radical (unpaired) electrons. The zero-order valence-corrected chi connectivity index (χ0v) is 19.4. The first kappa shape index (κ1) is 23.6. The second-order valence-corrected chi connectivity index (χ2v) is 8.47. The van der Waals surface area contributed by atoms with E-state index in [1.807, 2.05) is 36.4 Å². The van der Waals surface area contributed by atoms with Gasteiger partial charge in [0.2, 0.25) is 0 Å². The van der Waals surface area contributed by atoms with E-state index >= 15 is 0 Å². The van der Waals surface area contributed by atoms with Gasteiger partial charge in [-0.1, -0.05) is 0 Å². The van der Waals surface area contributed by atoms with Gasteiger partial charge in [0.05, 0.1) is 0 Å². The number of hydrogen-bond donors (Lipinski definition) is 1. The van der Waals surface area contributed by atoms with Crippen molar-refractivity contribution in [2.75, 3.05) is 0 Å². The van der Waals surface area contributed by atoms with Crippen LogP contribution in [0.25, 0.3) is 0 Å². The van der Waals surface area contributed by atoms with E-state index in [1.54, 1.807) is 18.2 Å². The molecule has 0 amide bonds. The summed E-state index contributed by atoms with van der Waals surface area (Å²) in [5.74, 6) is -0.263. The predicted molar refractivity (Wildman–Crippen MR) is 129 cm³/mol. The summed E-state index contributed by atoms with van der Waals surface area (Å²) in [4.78, 5) is 12.8. The van der Waals surface area contributed by atoms with Crippen LogP contribution in [0.3, 0.4) is 0 Å². The Morgan fingerprint density at radius 2 is 1.47 bits per heavy atom. The van der Waals surface area contributed by atoms with Crippen molar-refractivity contribution in [2.24, 2.45) is 5.92 Å². The fourth-order valence-electron chi connectivity index (χ4n) is 3.62. The molecule has 0 aromatic heterocycles. The van der Waals surface area contributed by atoms with Gasteiger partial charge >= 0.3 is 197 Å². The molecule has 0 saturated carbocycles. The molecule has 0 unspecified atom stereocenters. The van der Waals surface area contributed by atoms with E-state index in [0.29, 0.717) is 25.1 Å². The number of allylic oxidation sites excluding steroid dienone is 1. The minimum atomic E-state index is -0.834. The number of rotatable bonds is 11. The molecule has 0 heterocycles. The second kappa shape index (κ2) is 11.5. The summed E-state index contributed by atoms with van der Waals surface area (Å²) in [5, 5.41) is 22.2. The van der Waals surface area contributed by atoms with Crippen LogP contribution in [0.15, 0.2) is 97.6 Å². The van der Waals surface area contributed by atoms with Crippen molar-refractivity contribution in [3.63, 3.8) is 0 Å². The summed E-state index contributed by atoms with van der Waals surface area (Å²) in [6.07, 6.45) is 1.51. The molecular formula is C26H26N2O3Se. The molecule has 0 aliphatic heterocycles. The Labute approximate surface area is 196 Å². The topological polar surface area (TPSA) is 66.6 Å². The summed E-state index contributed by atoms with van der Waals surface area (Å²) < 4.78 is 0.920. The SMILES string of the molecule is C=CC[C@H](C(=[Se])N(Cc1ccccc1)Cc1ccccc1)[C@H](O)c1ccc([N+](=O)[O-])cc1. The average molecular weight is 493 g/mol. The third-order valence-corrected chi connectivity index (χ3v) is 6.49. The first-order valence-corrected chi connectivity index (χ1v) is 11.2. The van der Waals surface area contributed by atoms with Gasteiger partial charge < -0.3 is 0 Å². The molecule has 3 aromatic rings. The van der Waals surface area contributed by atoms with Crippen molar-refractivity contribution in [2.45, 2.75) is 25.6 Å². The number of hydrogen-bond acceptors (Lipinski definition) is 4. The zero-order valence-electron chi connectivity index (χ0n) is 17.7. The van der Waals surface area contributed by atoms with Gasteiger partial charge in [-0.25, -0.2) is 0 Å². The first-order valence-electron chi connectivity index (χ1n) is 10.4. The van der Waals surface area contributed by atoms with Gasteiger partial charge in [-0.15, -0.1) is 0 Å². The number of nitro groups is 1. The number of benzene rings is 3. The number of non-ortho nitro benzene ring substituents is 1. The van der Waals surface area contributed by atoms with Crippen LogP contribution in [0.1, 0.15) is 29.2 Å². The second-order valence-electron chi connectivity index (χ2n) is 7.59. The molecule has 5 nitrogen and oxygen atoms in total. The van der Waals surface area contributed by atoms with Crippen LogP contribution in [0.2, 0.25) is 0 Å². The summed E-state index contributed by atoms with van der Waals surface area (Å²) >= 11 is 3.21. The van der Waals surface area contributed by atoms with E-state index in [0.717, 1.165) is 4.54 Å². The van der Waals surface area contributed by atoms with Crippen LogP contribution in [0, 0.1) is 16.0 Å². The molecule has 3 aromatic carbocycles. The number of aliphatic hydroxyl groups excluding tert-OH is 1. The molecule has 0 fully saturated rings. The summed E-state index contributed by atoms with van der Waals surface area (Å²) in [5.41, 5.74) is 2.97. The van der Waals surface area contributed by atoms with Gasteiger partial charge in [0, 0.05) is 0 Å². The number of nitrogens with zero attached hydrogens (tertiary/aromatic N) is 2. The maximum absolute atomic E-state index is 11.2. The molecule has 6 heteroatoms. The molecule has 0 spiro atoms. The van der Waals surface area contributed by atoms with Gasteiger partial charge in [0.1, 0.15) is 0 Å². The quantitative estimate of drug-likeness (QED) is 0.180. The Balaban J connectivity index is 1.88. The normalized spacial score (nSPS) is 12.5. The van der Waals surface area contributed by atoms with Crippen LogP contribution in [0.5, 0.6) is 0 Å². The van der Waals surface area contributed by atoms with Crippen LogP contribution >= 0.6 is 0 Å². The predicted octanol–water partition coefficient (Wildman–Crippen LogP) is 4.82. The maximum atomic E-state index is 11.2. The molecular weight excluding hydrogens is 467 g/mol. The molecule has 0 saturated heterocycles. The third-order valence-electron chi connectivity index (χ3n) is 5.31. The molecule has 2 atom stereocenters. The van der Waals surface area contributed by atoms with Crippen LogP contribution in [-0.4, -0.2) is 35.0 Å². The molecule has 3 rings (SSSR count). The van der Waals surface area contributed by atoms with Gasteiger partial charge in [-0.05, 0) is 0 Å². The molecule has 0 bridgehead atoms. The standard InChI is InChI=1S/C26H26N2O3Se/c1-2-9-24(25(29)22-14-16-23(17-15-22)28(30)31)26(32)27(18-20-10-5-3-6-11-20)19-21-12-7-4-8-13-21/h2-8,10-17,24-25,29H,1,9,18-19H2/t24-,25+/m0/s1. The summed E-state index contributed by atoms with van der Waals surface area (Å²) in [7, 11) is 0. The average Bonchev–Trinajstić information content (AvgIpc) is 2.82. The van der Waals surface area contributed by atoms with Crippen molar-refractivity contribution in [3.05, 3.63) is 124 Å². The zero-order chi connectivity index (χ0) is 22.9. The van der Waals surface area contributed by atoms with Gasteiger partial charge in [0.15, 0.2) is 0 Å². The molecule has 0 aliphatic rings. The molecule has 164 valence electrons. The van der Waals surface area contributed by atoms with E-state index in [1.165, 1.54) is 23.3 Å². The van der Waals surface area contributed by atoms with Gasteiger partial charge in [-0.3, -0.25) is 0 Å². The molecule has 32 heavy (non-hydrogen) atoms. The van der Waals surface area contributed by atoms with Crippen molar-refractivity contribution in [1.82, 2.24) is 4.90 Å². The van der Waals surface area contributed by atoms with Crippen LogP contribution in [-0.2, 0) is 13.1 Å². The summed E-state index contributed by atoms with van der Waals surface area (Å²) in [6, 6.07) is 26.5. The van der Waals surface area contributed by atoms with Gasteiger partial charge in [-0.2, -0.15) is 0 Å². The Morgan fingerprint density at radius 3 is 1.91 bits per heavy atom. The van der Waals surface area contributed by atoms with E-state index in [9.17, 15) is 15.2 Å². The Hall–Kier alpha value is -3.05. The van der Waals surface area contributed by atoms with Crippen molar-refractivity contribution in [3.8, 4) is 0 Å².